The lowest BCUT2D eigenvalue weighted by Crippen LogP contribution is -2.21. The summed E-state index contributed by atoms with van der Waals surface area (Å²) in [7, 11) is 1.59. The van der Waals surface area contributed by atoms with Crippen molar-refractivity contribution in [2.45, 2.75) is 13.0 Å². The van der Waals surface area contributed by atoms with Gasteiger partial charge in [-0.1, -0.05) is 35.5 Å². The molecule has 0 saturated heterocycles. The van der Waals surface area contributed by atoms with Gasteiger partial charge < -0.3 is 18.7 Å². The average Bonchev–Trinajstić information content (AvgIpc) is 3.28. The second-order valence-electron chi connectivity index (χ2n) is 6.85. The summed E-state index contributed by atoms with van der Waals surface area (Å²) in [6, 6.07) is 16.7. The molecule has 0 spiro atoms. The molecule has 1 unspecified atom stereocenters. The normalized spacial score (nSPS) is 11.9. The molecular weight excluding hydrogens is 542 g/mol. The molecule has 1 atom stereocenters. The molecule has 0 saturated carbocycles. The molecule has 32 heavy (non-hydrogen) atoms. The van der Waals surface area contributed by atoms with Crippen molar-refractivity contribution in [1.82, 2.24) is 5.16 Å². The minimum absolute atomic E-state index is 0.245. The van der Waals surface area contributed by atoms with Crippen LogP contribution in [0.25, 0.3) is 22.4 Å². The van der Waals surface area contributed by atoms with E-state index >= 15 is 0 Å². The number of nitrogens with zero attached hydrogens (tertiary/aromatic N) is 1. The van der Waals surface area contributed by atoms with E-state index in [1.54, 1.807) is 44.6 Å². The van der Waals surface area contributed by atoms with Gasteiger partial charge in [0, 0.05) is 22.3 Å². The van der Waals surface area contributed by atoms with E-state index < -0.39 is 12.1 Å². The third kappa shape index (κ3) is 4.52. The highest BCUT2D eigenvalue weighted by Gasteiger charge is 2.27. The van der Waals surface area contributed by atoms with Crippen molar-refractivity contribution in [3.05, 3.63) is 75.4 Å². The van der Waals surface area contributed by atoms with Crippen LogP contribution in [0.2, 0.25) is 0 Å². The van der Waals surface area contributed by atoms with Gasteiger partial charge in [-0.25, -0.2) is 4.79 Å². The number of esters is 1. The maximum atomic E-state index is 12.7. The molecule has 8 heteroatoms. The van der Waals surface area contributed by atoms with E-state index in [0.717, 1.165) is 16.7 Å². The summed E-state index contributed by atoms with van der Waals surface area (Å²) in [4.78, 5) is 12.7. The van der Waals surface area contributed by atoms with Crippen LogP contribution in [0.5, 0.6) is 11.5 Å². The van der Waals surface area contributed by atoms with Crippen LogP contribution < -0.4 is 9.47 Å². The first-order chi connectivity index (χ1) is 15.5. The fraction of sp³-hybridized carbons (Fsp3) is 0.167. The highest BCUT2D eigenvalue weighted by Crippen LogP contribution is 2.42. The van der Waals surface area contributed by atoms with Gasteiger partial charge in [-0.05, 0) is 63.0 Å². The first kappa shape index (κ1) is 22.4. The van der Waals surface area contributed by atoms with Gasteiger partial charge in [0.15, 0.2) is 0 Å². The molecular formula is C24H19Br2NO5. The van der Waals surface area contributed by atoms with Crippen LogP contribution in [-0.2, 0) is 9.53 Å². The number of benzene rings is 2. The minimum atomic E-state index is -0.953. The van der Waals surface area contributed by atoms with Gasteiger partial charge in [0.2, 0.25) is 6.10 Å². The SMILES string of the molecule is CCOC(=O)C(Oc1c(Br)cc(-c2nocc3cccc2-3)cc1Br)c1ccc(OC)cc1. The van der Waals surface area contributed by atoms with Crippen LogP contribution in [0.1, 0.15) is 18.6 Å². The van der Waals surface area contributed by atoms with E-state index in [1.165, 1.54) is 0 Å². The molecule has 2 aromatic carbocycles. The van der Waals surface area contributed by atoms with E-state index in [9.17, 15) is 4.79 Å². The van der Waals surface area contributed by atoms with Gasteiger partial charge in [-0.3, -0.25) is 0 Å². The summed E-state index contributed by atoms with van der Waals surface area (Å²) in [5.74, 6) is 0.666. The van der Waals surface area contributed by atoms with Gasteiger partial charge in [0.1, 0.15) is 23.5 Å². The van der Waals surface area contributed by atoms with Crippen LogP contribution in [0.4, 0.5) is 0 Å². The Kier molecular flexibility index (Phi) is 6.81. The maximum Gasteiger partial charge on any atom is 0.352 e. The number of halogens is 2. The number of ether oxygens (including phenoxy) is 3. The monoisotopic (exact) mass is 559 g/mol. The number of hydrogen-bond donors (Lipinski definition) is 0. The molecule has 6 nitrogen and oxygen atoms in total. The smallest absolute Gasteiger partial charge is 0.352 e. The molecule has 1 aliphatic carbocycles. The average molecular weight is 561 g/mol. The Morgan fingerprint density at radius 2 is 1.78 bits per heavy atom. The predicted octanol–water partition coefficient (Wildman–Crippen LogP) is 6.66. The van der Waals surface area contributed by atoms with E-state index in [1.807, 2.05) is 30.3 Å². The number of rotatable bonds is 7. The highest BCUT2D eigenvalue weighted by atomic mass is 79.9. The molecule has 0 fully saturated rings. The first-order valence-corrected chi connectivity index (χ1v) is 11.4. The van der Waals surface area contributed by atoms with Crippen molar-refractivity contribution in [2.24, 2.45) is 0 Å². The zero-order chi connectivity index (χ0) is 22.7. The second-order valence-corrected chi connectivity index (χ2v) is 8.56. The molecule has 164 valence electrons. The first-order valence-electron chi connectivity index (χ1n) is 9.81. The number of hydrogen-bond acceptors (Lipinski definition) is 6. The molecule has 1 aliphatic heterocycles. The lowest BCUT2D eigenvalue weighted by Gasteiger charge is -2.20. The van der Waals surface area contributed by atoms with Crippen molar-refractivity contribution in [1.29, 1.82) is 0 Å². The zero-order valence-corrected chi connectivity index (χ0v) is 20.5. The topological polar surface area (TPSA) is 70.8 Å². The highest BCUT2D eigenvalue weighted by molar-refractivity contribution is 9.11. The standard InChI is InChI=1S/C24H19Br2NO5/c1-3-30-24(28)22(14-7-9-17(29-2)10-8-14)32-23-19(25)11-16(12-20(23)26)21-18-6-4-5-15(18)13-31-27-21/h4-13,22H,3H2,1-2H3. The number of methoxy groups -OCH3 is 1. The molecule has 2 aliphatic rings. The van der Waals surface area contributed by atoms with E-state index in [2.05, 4.69) is 37.0 Å². The van der Waals surface area contributed by atoms with Crippen molar-refractivity contribution in [3.63, 3.8) is 0 Å². The van der Waals surface area contributed by atoms with E-state index in [-0.39, 0.29) is 6.61 Å². The van der Waals surface area contributed by atoms with Crippen LogP contribution >= 0.6 is 31.9 Å². The van der Waals surface area contributed by atoms with Gasteiger partial charge in [0.25, 0.3) is 0 Å². The third-order valence-electron chi connectivity index (χ3n) is 4.86. The summed E-state index contributed by atoms with van der Waals surface area (Å²) in [5, 5.41) is 4.20. The quantitative estimate of drug-likeness (QED) is 0.235. The van der Waals surface area contributed by atoms with E-state index in [4.69, 9.17) is 18.7 Å². The van der Waals surface area contributed by atoms with Crippen molar-refractivity contribution in [2.75, 3.05) is 13.7 Å². The number of aromatic nitrogens is 1. The van der Waals surface area contributed by atoms with Gasteiger partial charge in [-0.15, -0.1) is 0 Å². The Balaban J connectivity index is 1.69. The summed E-state index contributed by atoms with van der Waals surface area (Å²) in [6.45, 7) is 2.00. The Bertz CT molecular complexity index is 1180. The third-order valence-corrected chi connectivity index (χ3v) is 6.03. The van der Waals surface area contributed by atoms with Crippen LogP contribution in [0.3, 0.4) is 0 Å². The summed E-state index contributed by atoms with van der Waals surface area (Å²) in [6.07, 6.45) is 0.657. The lowest BCUT2D eigenvalue weighted by molar-refractivity contribution is -0.151. The van der Waals surface area contributed by atoms with Gasteiger partial charge >= 0.3 is 5.97 Å². The lowest BCUT2D eigenvalue weighted by atomic mass is 10.0. The Hall–Kier alpha value is -2.84. The fourth-order valence-corrected chi connectivity index (χ4v) is 4.69. The van der Waals surface area contributed by atoms with Crippen molar-refractivity contribution >= 4 is 37.8 Å². The molecule has 4 rings (SSSR count). The molecule has 0 radical (unpaired) electrons. The van der Waals surface area contributed by atoms with Gasteiger partial charge in [-0.2, -0.15) is 0 Å². The van der Waals surface area contributed by atoms with Crippen LogP contribution in [0.15, 0.2) is 74.3 Å². The largest absolute Gasteiger partial charge is 0.497 e. The zero-order valence-electron chi connectivity index (χ0n) is 17.3. The molecule has 0 aromatic heterocycles. The minimum Gasteiger partial charge on any atom is -0.497 e. The maximum absolute atomic E-state index is 12.7. The Morgan fingerprint density at radius 3 is 2.44 bits per heavy atom. The number of carbonyl (C=O) groups is 1. The molecule has 1 heterocycles. The van der Waals surface area contributed by atoms with Crippen LogP contribution in [0, 0.1) is 0 Å². The summed E-state index contributed by atoms with van der Waals surface area (Å²) < 4.78 is 23.2. The molecule has 0 N–H and O–H groups in total. The Morgan fingerprint density at radius 1 is 1.06 bits per heavy atom. The Labute approximate surface area is 202 Å². The van der Waals surface area contributed by atoms with Crippen LogP contribution in [-0.4, -0.2) is 24.8 Å². The number of carbonyl (C=O) groups excluding carboxylic acids is 1. The summed E-state index contributed by atoms with van der Waals surface area (Å²) >= 11 is 7.15. The number of fused-ring (bicyclic) bond motifs is 1. The summed E-state index contributed by atoms with van der Waals surface area (Å²) in [5.41, 5.74) is 4.12. The van der Waals surface area contributed by atoms with E-state index in [0.29, 0.717) is 31.7 Å². The molecule has 2 aromatic rings. The second kappa shape index (κ2) is 9.75. The van der Waals surface area contributed by atoms with Gasteiger partial charge in [0.05, 0.1) is 22.7 Å². The molecule has 0 amide bonds. The molecule has 0 bridgehead atoms. The van der Waals surface area contributed by atoms with Crippen molar-refractivity contribution in [3.8, 4) is 33.9 Å². The fourth-order valence-electron chi connectivity index (χ4n) is 3.32. The van der Waals surface area contributed by atoms with Crippen molar-refractivity contribution < 1.29 is 23.5 Å². The predicted molar refractivity (Wildman–Crippen MR) is 127 cm³/mol.